The Morgan fingerprint density at radius 2 is 1.82 bits per heavy atom. The fraction of sp³-hybridized carbons (Fsp3) is 0.538. The molecule has 0 amide bonds. The zero-order valence-corrected chi connectivity index (χ0v) is 10.0. The highest BCUT2D eigenvalue weighted by Gasteiger charge is 2.37. The van der Waals surface area contributed by atoms with Crippen LogP contribution in [0.15, 0.2) is 18.2 Å². The van der Waals surface area contributed by atoms with Crippen LogP contribution in [0.4, 0.5) is 13.2 Å². The van der Waals surface area contributed by atoms with Crippen LogP contribution in [0, 0.1) is 0 Å². The topological polar surface area (TPSA) is 20.2 Å². The van der Waals surface area contributed by atoms with Gasteiger partial charge in [-0.05, 0) is 36.0 Å². The van der Waals surface area contributed by atoms with Crippen LogP contribution in [0.5, 0.6) is 0 Å². The number of aliphatic hydroxyl groups excluding tert-OH is 1. The molecule has 1 aliphatic carbocycles. The molecule has 0 radical (unpaired) electrons. The molecular formula is C13H17F3O. The first-order chi connectivity index (χ1) is 8.02. The van der Waals surface area contributed by atoms with Gasteiger partial charge in [-0.1, -0.05) is 26.0 Å². The first-order valence-corrected chi connectivity index (χ1v) is 5.83. The van der Waals surface area contributed by atoms with Crippen LogP contribution in [0.1, 0.15) is 49.3 Å². The van der Waals surface area contributed by atoms with E-state index in [-0.39, 0.29) is 12.5 Å². The molecule has 0 saturated heterocycles. The van der Waals surface area contributed by atoms with E-state index < -0.39 is 11.7 Å². The lowest BCUT2D eigenvalue weighted by atomic mass is 10.00. The van der Waals surface area contributed by atoms with E-state index in [9.17, 15) is 13.2 Å². The number of benzene rings is 1. The van der Waals surface area contributed by atoms with E-state index in [0.717, 1.165) is 18.9 Å². The Bertz CT molecular complexity index is 367. The Labute approximate surface area is 99.3 Å². The molecule has 0 aromatic heterocycles. The molecule has 1 fully saturated rings. The summed E-state index contributed by atoms with van der Waals surface area (Å²) in [5.41, 5.74) is 0.334. The van der Waals surface area contributed by atoms with Crippen LogP contribution in [-0.2, 0) is 12.8 Å². The van der Waals surface area contributed by atoms with Gasteiger partial charge in [0.25, 0.3) is 0 Å². The number of hydrogen-bond donors (Lipinski definition) is 1. The summed E-state index contributed by atoms with van der Waals surface area (Å²) in [6.45, 7) is 3.79. The van der Waals surface area contributed by atoms with Crippen molar-refractivity contribution in [1.82, 2.24) is 0 Å². The van der Waals surface area contributed by atoms with Crippen molar-refractivity contribution in [3.05, 3.63) is 34.9 Å². The highest BCUT2D eigenvalue weighted by atomic mass is 19.4. The van der Waals surface area contributed by atoms with E-state index in [2.05, 4.69) is 0 Å². The van der Waals surface area contributed by atoms with Crippen molar-refractivity contribution < 1.29 is 18.3 Å². The maximum absolute atomic E-state index is 12.6. The Morgan fingerprint density at radius 3 is 2.24 bits per heavy atom. The SMILES string of the molecule is CC.OCc1ccc(C(F)(F)F)c(C2CC2)c1. The first-order valence-electron chi connectivity index (χ1n) is 5.83. The van der Waals surface area contributed by atoms with Gasteiger partial charge in [-0.2, -0.15) is 13.2 Å². The summed E-state index contributed by atoms with van der Waals surface area (Å²) in [5, 5.41) is 8.88. The van der Waals surface area contributed by atoms with Gasteiger partial charge in [-0.15, -0.1) is 0 Å². The largest absolute Gasteiger partial charge is 0.416 e. The highest BCUT2D eigenvalue weighted by molar-refractivity contribution is 5.38. The lowest BCUT2D eigenvalue weighted by Crippen LogP contribution is -2.09. The predicted octanol–water partition coefficient (Wildman–Crippen LogP) is 4.10. The third kappa shape index (κ3) is 3.46. The van der Waals surface area contributed by atoms with Gasteiger partial charge in [-0.25, -0.2) is 0 Å². The molecule has 17 heavy (non-hydrogen) atoms. The van der Waals surface area contributed by atoms with Gasteiger partial charge < -0.3 is 5.11 Å². The van der Waals surface area contributed by atoms with E-state index in [0.29, 0.717) is 11.1 Å². The molecule has 0 atom stereocenters. The van der Waals surface area contributed by atoms with Crippen LogP contribution in [0.2, 0.25) is 0 Å². The summed E-state index contributed by atoms with van der Waals surface area (Å²) in [5.74, 6) is 0.0353. The Balaban J connectivity index is 0.000000686. The summed E-state index contributed by atoms with van der Waals surface area (Å²) < 4.78 is 37.8. The van der Waals surface area contributed by atoms with Crippen molar-refractivity contribution in [1.29, 1.82) is 0 Å². The molecule has 2 rings (SSSR count). The molecule has 0 unspecified atom stereocenters. The predicted molar refractivity (Wildman–Crippen MR) is 60.7 cm³/mol. The van der Waals surface area contributed by atoms with Crippen LogP contribution >= 0.6 is 0 Å². The van der Waals surface area contributed by atoms with Crippen LogP contribution < -0.4 is 0 Å². The molecule has 1 aliphatic rings. The molecule has 96 valence electrons. The second kappa shape index (κ2) is 5.54. The maximum Gasteiger partial charge on any atom is 0.416 e. The van der Waals surface area contributed by atoms with Gasteiger partial charge in [0, 0.05) is 0 Å². The molecular weight excluding hydrogens is 229 g/mol. The van der Waals surface area contributed by atoms with Gasteiger partial charge in [-0.3, -0.25) is 0 Å². The Hall–Kier alpha value is -1.03. The van der Waals surface area contributed by atoms with Crippen molar-refractivity contribution in [3.8, 4) is 0 Å². The molecule has 4 heteroatoms. The van der Waals surface area contributed by atoms with Crippen LogP contribution in [-0.4, -0.2) is 5.11 Å². The third-order valence-corrected chi connectivity index (χ3v) is 2.62. The second-order valence-corrected chi connectivity index (χ2v) is 3.85. The number of aliphatic hydroxyl groups is 1. The molecule has 0 heterocycles. The molecule has 1 aromatic rings. The highest BCUT2D eigenvalue weighted by Crippen LogP contribution is 2.46. The fourth-order valence-corrected chi connectivity index (χ4v) is 1.70. The minimum atomic E-state index is -4.29. The van der Waals surface area contributed by atoms with Gasteiger partial charge in [0.05, 0.1) is 12.2 Å². The molecule has 1 saturated carbocycles. The summed E-state index contributed by atoms with van der Waals surface area (Å²) >= 11 is 0. The number of hydrogen-bond acceptors (Lipinski definition) is 1. The van der Waals surface area contributed by atoms with Crippen LogP contribution in [0.25, 0.3) is 0 Å². The van der Waals surface area contributed by atoms with Crippen molar-refractivity contribution in [2.45, 2.75) is 45.4 Å². The van der Waals surface area contributed by atoms with E-state index >= 15 is 0 Å². The zero-order valence-electron chi connectivity index (χ0n) is 10.0. The van der Waals surface area contributed by atoms with Gasteiger partial charge in [0.2, 0.25) is 0 Å². The van der Waals surface area contributed by atoms with Gasteiger partial charge in [0.15, 0.2) is 0 Å². The van der Waals surface area contributed by atoms with E-state index in [1.54, 1.807) is 0 Å². The minimum Gasteiger partial charge on any atom is -0.392 e. The quantitative estimate of drug-likeness (QED) is 0.832. The molecule has 0 bridgehead atoms. The molecule has 0 aliphatic heterocycles. The average Bonchev–Trinajstić information content (AvgIpc) is 3.13. The lowest BCUT2D eigenvalue weighted by molar-refractivity contribution is -0.138. The number of alkyl halides is 3. The van der Waals surface area contributed by atoms with E-state index in [1.165, 1.54) is 12.1 Å². The first kappa shape index (κ1) is 14.0. The van der Waals surface area contributed by atoms with Crippen molar-refractivity contribution >= 4 is 0 Å². The average molecular weight is 246 g/mol. The molecule has 0 spiro atoms. The fourth-order valence-electron chi connectivity index (χ4n) is 1.70. The zero-order chi connectivity index (χ0) is 13.1. The lowest BCUT2D eigenvalue weighted by Gasteiger charge is -2.13. The summed E-state index contributed by atoms with van der Waals surface area (Å²) in [6.07, 6.45) is -2.65. The Morgan fingerprint density at radius 1 is 1.24 bits per heavy atom. The summed E-state index contributed by atoms with van der Waals surface area (Å²) in [6, 6.07) is 3.87. The van der Waals surface area contributed by atoms with Crippen molar-refractivity contribution in [2.24, 2.45) is 0 Å². The normalized spacial score (nSPS) is 15.2. The van der Waals surface area contributed by atoms with Crippen molar-refractivity contribution in [2.75, 3.05) is 0 Å². The van der Waals surface area contributed by atoms with E-state index in [1.807, 2.05) is 13.8 Å². The summed E-state index contributed by atoms with van der Waals surface area (Å²) in [4.78, 5) is 0. The number of rotatable bonds is 2. The molecule has 1 N–H and O–H groups in total. The standard InChI is InChI=1S/C11H11F3O.C2H6/c12-11(13,14)10-4-1-7(6-15)5-9(10)8-2-3-8;1-2/h1,4-5,8,15H,2-3,6H2;1-2H3. The monoisotopic (exact) mass is 246 g/mol. The second-order valence-electron chi connectivity index (χ2n) is 3.85. The van der Waals surface area contributed by atoms with E-state index in [4.69, 9.17) is 5.11 Å². The Kier molecular flexibility index (Phi) is 4.57. The summed E-state index contributed by atoms with van der Waals surface area (Å²) in [7, 11) is 0. The van der Waals surface area contributed by atoms with Crippen LogP contribution in [0.3, 0.4) is 0 Å². The third-order valence-electron chi connectivity index (χ3n) is 2.62. The molecule has 1 aromatic carbocycles. The minimum absolute atomic E-state index is 0.0353. The maximum atomic E-state index is 12.6. The smallest absolute Gasteiger partial charge is 0.392 e. The van der Waals surface area contributed by atoms with Gasteiger partial charge >= 0.3 is 6.18 Å². The number of halogens is 3. The molecule has 1 nitrogen and oxygen atoms in total. The van der Waals surface area contributed by atoms with Gasteiger partial charge in [0.1, 0.15) is 0 Å². The van der Waals surface area contributed by atoms with Crippen molar-refractivity contribution in [3.63, 3.8) is 0 Å².